The smallest absolute Gasteiger partial charge is 0.0247 e. The van der Waals surface area contributed by atoms with Gasteiger partial charge in [-0.15, -0.1) is 0 Å². The van der Waals surface area contributed by atoms with Gasteiger partial charge < -0.3 is 0 Å². The first-order chi connectivity index (χ1) is 13.7. The normalized spacial score (nSPS) is 12.6. The highest BCUT2D eigenvalue weighted by Gasteiger charge is 2.16. The third-order valence-corrected chi connectivity index (χ3v) is 8.40. The molecule has 0 saturated heterocycles. The zero-order chi connectivity index (χ0) is 19.3. The van der Waals surface area contributed by atoms with Gasteiger partial charge in [0.1, 0.15) is 0 Å². The number of thiol groups is 1. The fourth-order valence-corrected chi connectivity index (χ4v) is 6.72. The second-order valence-corrected chi connectivity index (χ2v) is 10.2. The van der Waals surface area contributed by atoms with E-state index in [1.807, 2.05) is 11.8 Å². The van der Waals surface area contributed by atoms with E-state index in [2.05, 4.69) is 117 Å². The topological polar surface area (TPSA) is 0 Å². The van der Waals surface area contributed by atoms with Gasteiger partial charge in [-0.1, -0.05) is 77.5 Å². The van der Waals surface area contributed by atoms with Gasteiger partial charge in [-0.2, -0.15) is 10.9 Å². The Morgan fingerprint density at radius 2 is 1.07 bits per heavy atom. The molecule has 1 unspecified atom stereocenters. The third kappa shape index (κ3) is 4.35. The van der Waals surface area contributed by atoms with Crippen molar-refractivity contribution in [2.24, 2.45) is 0 Å². The van der Waals surface area contributed by atoms with Gasteiger partial charge in [0.15, 0.2) is 0 Å². The van der Waals surface area contributed by atoms with E-state index in [1.54, 1.807) is 0 Å². The molecule has 0 fully saturated rings. The number of rotatable bonds is 5. The summed E-state index contributed by atoms with van der Waals surface area (Å²) >= 11 is 1.86. The first-order valence-electron chi connectivity index (χ1n) is 9.46. The molecule has 0 bridgehead atoms. The zero-order valence-corrected chi connectivity index (χ0v) is 17.9. The van der Waals surface area contributed by atoms with Crippen LogP contribution in [0, 0.1) is 13.8 Å². The molecule has 0 aliphatic carbocycles. The first-order valence-corrected chi connectivity index (χ1v) is 11.6. The van der Waals surface area contributed by atoms with Crippen LogP contribution in [-0.2, 0) is 0 Å². The third-order valence-electron chi connectivity index (χ3n) is 4.66. The Hall–Kier alpha value is -2.42. The van der Waals surface area contributed by atoms with Crippen molar-refractivity contribution in [1.29, 1.82) is 0 Å². The molecule has 0 nitrogen and oxygen atoms in total. The summed E-state index contributed by atoms with van der Waals surface area (Å²) in [6.07, 6.45) is 0. The summed E-state index contributed by atoms with van der Waals surface area (Å²) in [4.78, 5) is 6.81. The number of benzene rings is 4. The fourth-order valence-electron chi connectivity index (χ4n) is 3.16. The van der Waals surface area contributed by atoms with E-state index in [0.717, 1.165) is 0 Å². The van der Waals surface area contributed by atoms with Crippen LogP contribution < -0.4 is 0 Å². The second kappa shape index (κ2) is 8.72. The van der Waals surface area contributed by atoms with Gasteiger partial charge >= 0.3 is 0 Å². The Labute approximate surface area is 175 Å². The molecule has 0 amide bonds. The van der Waals surface area contributed by atoms with Crippen molar-refractivity contribution in [2.45, 2.75) is 38.3 Å². The molecule has 0 heterocycles. The van der Waals surface area contributed by atoms with Crippen molar-refractivity contribution in [2.75, 3.05) is 0 Å². The number of hydrogen-bond acceptors (Lipinski definition) is 1. The maximum Gasteiger partial charge on any atom is 0.0247 e. The van der Waals surface area contributed by atoms with Crippen molar-refractivity contribution in [3.63, 3.8) is 0 Å². The first kappa shape index (κ1) is 18.9. The summed E-state index contributed by atoms with van der Waals surface area (Å²) in [6, 6.07) is 37.6. The summed E-state index contributed by atoms with van der Waals surface area (Å²) in [5.74, 6) is 0. The van der Waals surface area contributed by atoms with Crippen molar-refractivity contribution in [3.05, 3.63) is 114 Å². The van der Waals surface area contributed by atoms with E-state index in [1.165, 1.54) is 35.6 Å². The highest BCUT2D eigenvalue weighted by molar-refractivity contribution is 8.17. The average Bonchev–Trinajstić information content (AvgIpc) is 2.73. The maximum atomic E-state index is 2.30. The molecule has 0 aromatic heterocycles. The van der Waals surface area contributed by atoms with Crippen molar-refractivity contribution < 1.29 is 0 Å². The van der Waals surface area contributed by atoms with E-state index >= 15 is 0 Å². The van der Waals surface area contributed by atoms with Crippen LogP contribution in [0.5, 0.6) is 0 Å². The molecular weight excluding hydrogens is 376 g/mol. The summed E-state index contributed by atoms with van der Waals surface area (Å²) in [7, 11) is -0.602. The average molecular weight is 401 g/mol. The molecule has 2 heteroatoms. The maximum absolute atomic E-state index is 2.30. The molecule has 0 radical (unpaired) electrons. The molecule has 0 N–H and O–H groups in total. The van der Waals surface area contributed by atoms with Crippen molar-refractivity contribution in [3.8, 4) is 0 Å². The summed E-state index contributed by atoms with van der Waals surface area (Å²) in [5, 5.41) is 0. The standard InChI is InChI=1S/C26H24S2/c1-20-12-16-22(17-13-20)27-25-10-6-7-11-26(25)28(23-8-4-3-5-9-23)24-18-14-21(2)15-19-24/h3-19,28H,1-2H3. The van der Waals surface area contributed by atoms with Crippen LogP contribution in [0.4, 0.5) is 0 Å². The summed E-state index contributed by atoms with van der Waals surface area (Å²) in [5.41, 5.74) is 2.60. The van der Waals surface area contributed by atoms with E-state index < -0.39 is 10.9 Å². The quantitative estimate of drug-likeness (QED) is 0.332. The fraction of sp³-hybridized carbons (Fsp3) is 0.0769. The highest BCUT2D eigenvalue weighted by atomic mass is 32.2. The predicted octanol–water partition coefficient (Wildman–Crippen LogP) is 7.93. The van der Waals surface area contributed by atoms with Gasteiger partial charge in [-0.05, 0) is 72.2 Å². The summed E-state index contributed by atoms with van der Waals surface area (Å²) < 4.78 is 0. The number of hydrogen-bond donors (Lipinski definition) is 1. The lowest BCUT2D eigenvalue weighted by Crippen LogP contribution is -1.91. The van der Waals surface area contributed by atoms with E-state index in [0.29, 0.717) is 0 Å². The lowest BCUT2D eigenvalue weighted by atomic mass is 10.2. The zero-order valence-electron chi connectivity index (χ0n) is 16.2. The largest absolute Gasteiger partial charge is 0.172 e. The highest BCUT2D eigenvalue weighted by Crippen LogP contribution is 2.54. The monoisotopic (exact) mass is 400 g/mol. The van der Waals surface area contributed by atoms with Gasteiger partial charge in [-0.3, -0.25) is 0 Å². The molecule has 4 aromatic rings. The molecule has 28 heavy (non-hydrogen) atoms. The minimum atomic E-state index is -0.602. The van der Waals surface area contributed by atoms with Gasteiger partial charge in [0.05, 0.1) is 0 Å². The molecule has 4 rings (SSSR count). The van der Waals surface area contributed by atoms with Crippen LogP contribution in [0.1, 0.15) is 11.1 Å². The second-order valence-electron chi connectivity index (χ2n) is 6.89. The van der Waals surface area contributed by atoms with E-state index in [9.17, 15) is 0 Å². The van der Waals surface area contributed by atoms with Crippen LogP contribution in [0.2, 0.25) is 0 Å². The van der Waals surface area contributed by atoms with Gasteiger partial charge in [-0.25, -0.2) is 0 Å². The van der Waals surface area contributed by atoms with Crippen molar-refractivity contribution >= 4 is 22.7 Å². The molecule has 0 aliphatic rings. The Bertz CT molecular complexity index is 1040. The molecule has 0 saturated carbocycles. The van der Waals surface area contributed by atoms with Crippen LogP contribution in [-0.4, -0.2) is 0 Å². The van der Waals surface area contributed by atoms with Crippen LogP contribution in [0.15, 0.2) is 128 Å². The lowest BCUT2D eigenvalue weighted by molar-refractivity contribution is 1.20. The van der Waals surface area contributed by atoms with Crippen LogP contribution in [0.25, 0.3) is 0 Å². The molecule has 4 aromatic carbocycles. The van der Waals surface area contributed by atoms with Gasteiger partial charge in [0, 0.05) is 14.7 Å². The molecule has 140 valence electrons. The van der Waals surface area contributed by atoms with E-state index in [-0.39, 0.29) is 0 Å². The minimum Gasteiger partial charge on any atom is -0.172 e. The van der Waals surface area contributed by atoms with E-state index in [4.69, 9.17) is 0 Å². The Balaban J connectivity index is 1.80. The molecule has 0 spiro atoms. The number of aryl methyl sites for hydroxylation is 2. The Morgan fingerprint density at radius 1 is 0.536 bits per heavy atom. The molecular formula is C26H24S2. The summed E-state index contributed by atoms with van der Waals surface area (Å²) in [6.45, 7) is 4.28. The minimum absolute atomic E-state index is 0.602. The predicted molar refractivity (Wildman–Crippen MR) is 123 cm³/mol. The van der Waals surface area contributed by atoms with Gasteiger partial charge in [0.25, 0.3) is 0 Å². The van der Waals surface area contributed by atoms with Crippen LogP contribution >= 0.6 is 22.7 Å². The lowest BCUT2D eigenvalue weighted by Gasteiger charge is -2.25. The SMILES string of the molecule is Cc1ccc(Sc2ccccc2[SH](c2ccccc2)c2ccc(C)cc2)cc1. The van der Waals surface area contributed by atoms with Gasteiger partial charge in [0.2, 0.25) is 0 Å². The molecule has 1 atom stereocenters. The van der Waals surface area contributed by atoms with Crippen molar-refractivity contribution in [1.82, 2.24) is 0 Å². The Morgan fingerprint density at radius 3 is 1.75 bits per heavy atom. The van der Waals surface area contributed by atoms with Crippen LogP contribution in [0.3, 0.4) is 0 Å². The Kier molecular flexibility index (Phi) is 5.90. The molecule has 0 aliphatic heterocycles.